The molecule has 136 valence electrons. The first-order valence-electron chi connectivity index (χ1n) is 7.54. The van der Waals surface area contributed by atoms with Crippen molar-refractivity contribution in [3.8, 4) is 11.4 Å². The van der Waals surface area contributed by atoms with Crippen LogP contribution in [0.1, 0.15) is 11.4 Å². The highest BCUT2D eigenvalue weighted by molar-refractivity contribution is 9.10. The van der Waals surface area contributed by atoms with Crippen LogP contribution in [0.25, 0.3) is 5.69 Å². The van der Waals surface area contributed by atoms with Gasteiger partial charge in [-0.2, -0.15) is 4.68 Å². The van der Waals surface area contributed by atoms with E-state index in [1.165, 1.54) is 13.2 Å². The van der Waals surface area contributed by atoms with E-state index in [2.05, 4.69) is 36.2 Å². The van der Waals surface area contributed by atoms with E-state index in [0.29, 0.717) is 21.7 Å². The summed E-state index contributed by atoms with van der Waals surface area (Å²) in [7, 11) is -2.43. The van der Waals surface area contributed by atoms with Gasteiger partial charge in [0.1, 0.15) is 10.6 Å². The summed E-state index contributed by atoms with van der Waals surface area (Å²) in [5.74, 6) is 0.853. The topological polar surface area (TPSA) is 99.0 Å². The number of hydrogen-bond acceptors (Lipinski definition) is 6. The van der Waals surface area contributed by atoms with Crippen molar-refractivity contribution in [3.05, 3.63) is 52.3 Å². The van der Waals surface area contributed by atoms with Gasteiger partial charge < -0.3 is 4.74 Å². The van der Waals surface area contributed by atoms with E-state index in [9.17, 15) is 8.42 Å². The number of anilines is 1. The van der Waals surface area contributed by atoms with Gasteiger partial charge in [-0.15, -0.1) is 5.10 Å². The summed E-state index contributed by atoms with van der Waals surface area (Å²) in [5.41, 5.74) is 1.99. The van der Waals surface area contributed by atoms with E-state index in [1.807, 2.05) is 6.92 Å². The number of aryl methyl sites for hydroxylation is 2. The number of hydrogen-bond donors (Lipinski definition) is 1. The first-order valence-corrected chi connectivity index (χ1v) is 9.82. The number of benzene rings is 2. The van der Waals surface area contributed by atoms with Crippen LogP contribution in [0.2, 0.25) is 0 Å². The van der Waals surface area contributed by atoms with E-state index < -0.39 is 10.0 Å². The van der Waals surface area contributed by atoms with Crippen molar-refractivity contribution in [2.24, 2.45) is 0 Å². The molecule has 10 heteroatoms. The molecule has 1 aromatic heterocycles. The van der Waals surface area contributed by atoms with Crippen molar-refractivity contribution in [1.82, 2.24) is 20.2 Å². The first kappa shape index (κ1) is 18.3. The van der Waals surface area contributed by atoms with Crippen LogP contribution in [0, 0.1) is 13.8 Å². The van der Waals surface area contributed by atoms with Crippen LogP contribution < -0.4 is 9.46 Å². The van der Waals surface area contributed by atoms with Crippen molar-refractivity contribution >= 4 is 31.6 Å². The van der Waals surface area contributed by atoms with Gasteiger partial charge in [-0.1, -0.05) is 22.0 Å². The fourth-order valence-corrected chi connectivity index (χ4v) is 4.18. The Morgan fingerprint density at radius 2 is 1.92 bits per heavy atom. The molecule has 0 aliphatic rings. The average molecular weight is 438 g/mol. The lowest BCUT2D eigenvalue weighted by Gasteiger charge is -2.14. The molecule has 0 unspecified atom stereocenters. The number of tetrazole rings is 1. The van der Waals surface area contributed by atoms with Gasteiger partial charge in [-0.05, 0) is 60.2 Å². The molecule has 0 saturated heterocycles. The zero-order valence-electron chi connectivity index (χ0n) is 14.3. The zero-order valence-corrected chi connectivity index (χ0v) is 16.7. The molecule has 0 saturated carbocycles. The van der Waals surface area contributed by atoms with Gasteiger partial charge in [-0.3, -0.25) is 4.72 Å². The summed E-state index contributed by atoms with van der Waals surface area (Å²) >= 11 is 3.29. The smallest absolute Gasteiger partial charge is 0.265 e. The number of ether oxygens (including phenoxy) is 1. The Labute approximate surface area is 159 Å². The molecule has 0 bridgehead atoms. The zero-order chi connectivity index (χ0) is 18.9. The lowest BCUT2D eigenvalue weighted by Crippen LogP contribution is -2.14. The van der Waals surface area contributed by atoms with Gasteiger partial charge in [0.2, 0.25) is 0 Å². The predicted octanol–water partition coefficient (Wildman–Crippen LogP) is 2.85. The van der Waals surface area contributed by atoms with E-state index >= 15 is 0 Å². The molecule has 8 nitrogen and oxygen atoms in total. The number of rotatable bonds is 5. The first-order chi connectivity index (χ1) is 12.3. The molecule has 2 aromatic carbocycles. The van der Waals surface area contributed by atoms with Crippen LogP contribution >= 0.6 is 15.9 Å². The molecule has 0 fully saturated rings. The summed E-state index contributed by atoms with van der Waals surface area (Å²) in [6.45, 7) is 3.66. The summed E-state index contributed by atoms with van der Waals surface area (Å²) < 4.78 is 35.6. The normalized spacial score (nSPS) is 11.4. The van der Waals surface area contributed by atoms with Gasteiger partial charge >= 0.3 is 0 Å². The number of nitrogens with zero attached hydrogens (tertiary/aromatic N) is 4. The Hall–Kier alpha value is -2.46. The lowest BCUT2D eigenvalue weighted by molar-refractivity contribution is 0.403. The maximum absolute atomic E-state index is 12.8. The molecule has 3 aromatic rings. The molecule has 0 aliphatic carbocycles. The van der Waals surface area contributed by atoms with Crippen LogP contribution in [0.15, 0.2) is 45.8 Å². The highest BCUT2D eigenvalue weighted by Crippen LogP contribution is 2.29. The molecular formula is C16H16BrN5O3S. The van der Waals surface area contributed by atoms with Gasteiger partial charge in [0, 0.05) is 4.47 Å². The Morgan fingerprint density at radius 1 is 1.15 bits per heavy atom. The maximum Gasteiger partial charge on any atom is 0.265 e. The number of methoxy groups -OCH3 is 1. The van der Waals surface area contributed by atoms with E-state index in [4.69, 9.17) is 4.74 Å². The minimum Gasteiger partial charge on any atom is -0.495 e. The Bertz CT molecular complexity index is 1070. The maximum atomic E-state index is 12.8. The second-order valence-electron chi connectivity index (χ2n) is 5.54. The number of sulfonamides is 1. The minimum absolute atomic E-state index is 0.0371. The third-order valence-corrected chi connectivity index (χ3v) is 5.63. The average Bonchev–Trinajstić information content (AvgIpc) is 3.02. The Morgan fingerprint density at radius 3 is 2.58 bits per heavy atom. The summed E-state index contributed by atoms with van der Waals surface area (Å²) in [6, 6.07) is 9.95. The molecule has 1 N–H and O–H groups in total. The summed E-state index contributed by atoms with van der Waals surface area (Å²) in [5, 5.41) is 11.4. The standard InChI is InChI=1S/C16H16BrN5O3S/c1-10-4-6-13(9-14(10)22-11(2)18-20-21-22)19-26(23,24)16-8-12(17)5-7-15(16)25-3/h4-9,19H,1-3H3. The predicted molar refractivity (Wildman–Crippen MR) is 100 cm³/mol. The summed E-state index contributed by atoms with van der Waals surface area (Å²) in [4.78, 5) is 0.0371. The van der Waals surface area contributed by atoms with Crippen molar-refractivity contribution < 1.29 is 13.2 Å². The van der Waals surface area contributed by atoms with Gasteiger partial charge in [0.25, 0.3) is 10.0 Å². The molecule has 1 heterocycles. The summed E-state index contributed by atoms with van der Waals surface area (Å²) in [6.07, 6.45) is 0. The van der Waals surface area contributed by atoms with Crippen LogP contribution in [0.3, 0.4) is 0 Å². The monoisotopic (exact) mass is 437 g/mol. The van der Waals surface area contributed by atoms with Gasteiger partial charge in [-0.25, -0.2) is 8.42 Å². The van der Waals surface area contributed by atoms with E-state index in [1.54, 1.807) is 41.9 Å². The van der Waals surface area contributed by atoms with Crippen LogP contribution in [0.5, 0.6) is 5.75 Å². The Kier molecular flexibility index (Phi) is 4.97. The molecule has 0 atom stereocenters. The molecule has 26 heavy (non-hydrogen) atoms. The Balaban J connectivity index is 2.02. The van der Waals surface area contributed by atoms with Gasteiger partial charge in [0.05, 0.1) is 18.5 Å². The fraction of sp³-hybridized carbons (Fsp3) is 0.188. The van der Waals surface area contributed by atoms with Crippen LogP contribution in [-0.4, -0.2) is 35.7 Å². The number of aromatic nitrogens is 4. The fourth-order valence-electron chi connectivity index (χ4n) is 2.43. The number of nitrogens with one attached hydrogen (secondary N) is 1. The van der Waals surface area contributed by atoms with Gasteiger partial charge in [0.15, 0.2) is 5.82 Å². The van der Waals surface area contributed by atoms with Crippen molar-refractivity contribution in [1.29, 1.82) is 0 Å². The highest BCUT2D eigenvalue weighted by Gasteiger charge is 2.21. The second-order valence-corrected chi connectivity index (χ2v) is 8.11. The third kappa shape index (κ3) is 3.56. The number of halogens is 1. The molecule has 3 rings (SSSR count). The minimum atomic E-state index is -3.85. The van der Waals surface area contributed by atoms with Crippen LogP contribution in [0.4, 0.5) is 5.69 Å². The van der Waals surface area contributed by atoms with E-state index in [-0.39, 0.29) is 10.6 Å². The molecule has 0 aliphatic heterocycles. The molecule has 0 amide bonds. The highest BCUT2D eigenvalue weighted by atomic mass is 79.9. The van der Waals surface area contributed by atoms with Crippen molar-refractivity contribution in [2.75, 3.05) is 11.8 Å². The largest absolute Gasteiger partial charge is 0.495 e. The quantitative estimate of drug-likeness (QED) is 0.658. The van der Waals surface area contributed by atoms with Crippen molar-refractivity contribution in [3.63, 3.8) is 0 Å². The molecule has 0 spiro atoms. The van der Waals surface area contributed by atoms with E-state index in [0.717, 1.165) is 5.56 Å². The lowest BCUT2D eigenvalue weighted by atomic mass is 10.2. The molecular weight excluding hydrogens is 422 g/mol. The van der Waals surface area contributed by atoms with Crippen molar-refractivity contribution in [2.45, 2.75) is 18.7 Å². The van der Waals surface area contributed by atoms with Crippen LogP contribution in [-0.2, 0) is 10.0 Å². The SMILES string of the molecule is COc1ccc(Br)cc1S(=O)(=O)Nc1ccc(C)c(-n2nnnc2C)c1. The third-order valence-electron chi connectivity index (χ3n) is 3.73. The molecule has 0 radical (unpaired) electrons. The second kappa shape index (κ2) is 7.04.